The number of nitro groups is 1. The number of nitro benzene ring substituents is 1. The summed E-state index contributed by atoms with van der Waals surface area (Å²) >= 11 is 0. The van der Waals surface area contributed by atoms with E-state index in [0.717, 1.165) is 23.3 Å². The van der Waals surface area contributed by atoms with Crippen LogP contribution >= 0.6 is 0 Å². The number of carbonyl (C=O) groups is 1. The van der Waals surface area contributed by atoms with Gasteiger partial charge in [-0.05, 0) is 25.5 Å². The summed E-state index contributed by atoms with van der Waals surface area (Å²) in [5, 5.41) is 11.0. The third kappa shape index (κ3) is 4.21. The first-order chi connectivity index (χ1) is 11.8. The molecule has 5 nitrogen and oxygen atoms in total. The van der Waals surface area contributed by atoms with Crippen LogP contribution < -0.4 is 0 Å². The van der Waals surface area contributed by atoms with Crippen LogP contribution in [0.25, 0.3) is 0 Å². The van der Waals surface area contributed by atoms with Gasteiger partial charge < -0.3 is 4.90 Å². The van der Waals surface area contributed by atoms with Crippen LogP contribution in [0.1, 0.15) is 27.0 Å². The fourth-order valence-corrected chi connectivity index (χ4v) is 2.38. The maximum Gasteiger partial charge on any atom is 0.276 e. The molecule has 0 bridgehead atoms. The Morgan fingerprint density at radius 1 is 1.28 bits per heavy atom. The Morgan fingerprint density at radius 3 is 2.48 bits per heavy atom. The molecule has 0 radical (unpaired) electrons. The normalized spacial score (nSPS) is 10.2. The van der Waals surface area contributed by atoms with Crippen LogP contribution in [0.3, 0.4) is 0 Å². The Labute approximate surface area is 145 Å². The van der Waals surface area contributed by atoms with E-state index in [1.54, 1.807) is 0 Å². The smallest absolute Gasteiger partial charge is 0.276 e. The van der Waals surface area contributed by atoms with Crippen molar-refractivity contribution < 1.29 is 14.1 Å². The molecule has 0 aliphatic rings. The molecule has 0 aromatic heterocycles. The van der Waals surface area contributed by atoms with Gasteiger partial charge in [-0.25, -0.2) is 4.39 Å². The van der Waals surface area contributed by atoms with Crippen LogP contribution in [0.5, 0.6) is 0 Å². The molecule has 0 fully saturated rings. The first-order valence-corrected chi connectivity index (χ1v) is 7.56. The lowest BCUT2D eigenvalue weighted by Gasteiger charge is -2.21. The van der Waals surface area contributed by atoms with Crippen molar-refractivity contribution in [3.63, 3.8) is 0 Å². The quantitative estimate of drug-likeness (QED) is 0.474. The Balaban J connectivity index is 2.36. The third-order valence-electron chi connectivity index (χ3n) is 3.82. The van der Waals surface area contributed by atoms with Gasteiger partial charge in [0.15, 0.2) is 0 Å². The van der Waals surface area contributed by atoms with Gasteiger partial charge in [0, 0.05) is 18.2 Å². The number of halogens is 1. The molecule has 0 saturated heterocycles. The molecule has 2 aromatic carbocycles. The Morgan fingerprint density at radius 2 is 1.92 bits per heavy atom. The van der Waals surface area contributed by atoms with Crippen molar-refractivity contribution in [2.75, 3.05) is 6.54 Å². The molecule has 2 aromatic rings. The summed E-state index contributed by atoms with van der Waals surface area (Å²) in [6.07, 6.45) is 5.33. The molecule has 0 spiro atoms. The zero-order valence-corrected chi connectivity index (χ0v) is 14.0. The minimum atomic E-state index is -0.798. The monoisotopic (exact) mass is 340 g/mol. The highest BCUT2D eigenvalue weighted by Crippen LogP contribution is 2.24. The molecule has 0 unspecified atom stereocenters. The van der Waals surface area contributed by atoms with Gasteiger partial charge in [-0.1, -0.05) is 35.7 Å². The number of nitrogens with zero attached hydrogens (tertiary/aromatic N) is 2. The average Bonchev–Trinajstić information content (AvgIpc) is 2.57. The number of carbonyl (C=O) groups excluding carboxylic acids is 1. The number of terminal acetylenes is 1. The van der Waals surface area contributed by atoms with Crippen molar-refractivity contribution in [1.29, 1.82) is 0 Å². The largest absolute Gasteiger partial charge is 0.323 e. The summed E-state index contributed by atoms with van der Waals surface area (Å²) in [7, 11) is 0. The van der Waals surface area contributed by atoms with Crippen LogP contribution in [0, 0.1) is 42.1 Å². The molecule has 25 heavy (non-hydrogen) atoms. The molecular weight excluding hydrogens is 323 g/mol. The lowest BCUT2D eigenvalue weighted by molar-refractivity contribution is -0.385. The summed E-state index contributed by atoms with van der Waals surface area (Å²) in [6, 6.07) is 9.63. The summed E-state index contributed by atoms with van der Waals surface area (Å²) in [5.41, 5.74) is 1.30. The van der Waals surface area contributed by atoms with Gasteiger partial charge in [-0.3, -0.25) is 14.9 Å². The van der Waals surface area contributed by atoms with Crippen LogP contribution in [-0.4, -0.2) is 22.3 Å². The number of benzene rings is 2. The minimum Gasteiger partial charge on any atom is -0.323 e. The number of rotatable bonds is 5. The summed E-state index contributed by atoms with van der Waals surface area (Å²) in [6.45, 7) is 3.48. The molecular formula is C19H17FN2O3. The van der Waals surface area contributed by atoms with Crippen LogP contribution in [0.2, 0.25) is 0 Å². The van der Waals surface area contributed by atoms with Crippen molar-refractivity contribution in [3.05, 3.63) is 74.6 Å². The second kappa shape index (κ2) is 7.58. The second-order valence-electron chi connectivity index (χ2n) is 5.71. The van der Waals surface area contributed by atoms with E-state index < -0.39 is 22.3 Å². The Bertz CT molecular complexity index is 854. The molecule has 0 aliphatic carbocycles. The van der Waals surface area contributed by atoms with Gasteiger partial charge >= 0.3 is 0 Å². The predicted molar refractivity (Wildman–Crippen MR) is 92.5 cm³/mol. The van der Waals surface area contributed by atoms with Crippen molar-refractivity contribution in [2.45, 2.75) is 20.4 Å². The van der Waals surface area contributed by atoms with E-state index in [1.807, 2.05) is 31.2 Å². The molecule has 128 valence electrons. The van der Waals surface area contributed by atoms with Gasteiger partial charge in [-0.2, -0.15) is 0 Å². The molecule has 0 aliphatic heterocycles. The Hall–Kier alpha value is -3.20. The van der Waals surface area contributed by atoms with Gasteiger partial charge in [0.05, 0.1) is 17.0 Å². The van der Waals surface area contributed by atoms with Crippen molar-refractivity contribution >= 4 is 11.6 Å². The summed E-state index contributed by atoms with van der Waals surface area (Å²) < 4.78 is 14.0. The first-order valence-electron chi connectivity index (χ1n) is 7.56. The zero-order chi connectivity index (χ0) is 18.6. The predicted octanol–water partition coefficient (Wildman–Crippen LogP) is 3.63. The van der Waals surface area contributed by atoms with E-state index in [4.69, 9.17) is 6.42 Å². The number of amides is 1. The highest BCUT2D eigenvalue weighted by molar-refractivity contribution is 5.95. The van der Waals surface area contributed by atoms with E-state index in [2.05, 4.69) is 5.92 Å². The molecule has 2 rings (SSSR count). The summed E-state index contributed by atoms with van der Waals surface area (Å²) in [5.74, 6) is 1.04. The first kappa shape index (κ1) is 18.1. The van der Waals surface area contributed by atoms with E-state index in [0.29, 0.717) is 0 Å². The van der Waals surface area contributed by atoms with Crippen LogP contribution in [0.15, 0.2) is 36.4 Å². The maximum atomic E-state index is 14.0. The van der Waals surface area contributed by atoms with Crippen molar-refractivity contribution in [1.82, 2.24) is 4.90 Å². The summed E-state index contributed by atoms with van der Waals surface area (Å²) in [4.78, 5) is 24.4. The molecule has 0 atom stereocenters. The second-order valence-corrected chi connectivity index (χ2v) is 5.71. The average molecular weight is 340 g/mol. The standard InChI is InChI=1S/C19H17FN2O3/c1-4-9-21(12-15-7-5-13(2)6-8-15)19(23)16-10-17(20)14(3)18(11-16)22(24)25/h1,5-8,10-11H,9,12H2,2-3H3. The van der Waals surface area contributed by atoms with E-state index in [9.17, 15) is 19.3 Å². The molecule has 0 heterocycles. The Kier molecular flexibility index (Phi) is 5.50. The highest BCUT2D eigenvalue weighted by Gasteiger charge is 2.22. The minimum absolute atomic E-state index is 0.00992. The number of hydrogen-bond acceptors (Lipinski definition) is 3. The number of hydrogen-bond donors (Lipinski definition) is 0. The zero-order valence-electron chi connectivity index (χ0n) is 14.0. The lowest BCUT2D eigenvalue weighted by Crippen LogP contribution is -2.31. The highest BCUT2D eigenvalue weighted by atomic mass is 19.1. The molecule has 6 heteroatoms. The molecule has 0 N–H and O–H groups in total. The topological polar surface area (TPSA) is 63.5 Å². The van der Waals surface area contributed by atoms with Gasteiger partial charge in [0.25, 0.3) is 11.6 Å². The van der Waals surface area contributed by atoms with E-state index in [-0.39, 0.29) is 24.2 Å². The SMILES string of the molecule is C#CCN(Cc1ccc(C)cc1)C(=O)c1cc(F)c(C)c([N+](=O)[O-])c1. The fraction of sp³-hybridized carbons (Fsp3) is 0.211. The van der Waals surface area contributed by atoms with Gasteiger partial charge in [0.1, 0.15) is 5.82 Å². The lowest BCUT2D eigenvalue weighted by atomic mass is 10.1. The fourth-order valence-electron chi connectivity index (χ4n) is 2.38. The van der Waals surface area contributed by atoms with Gasteiger partial charge in [-0.15, -0.1) is 6.42 Å². The molecule has 1 amide bonds. The third-order valence-corrected chi connectivity index (χ3v) is 3.82. The molecule has 0 saturated carbocycles. The number of aryl methyl sites for hydroxylation is 1. The maximum absolute atomic E-state index is 14.0. The van der Waals surface area contributed by atoms with Crippen molar-refractivity contribution in [2.24, 2.45) is 0 Å². The van der Waals surface area contributed by atoms with Crippen LogP contribution in [0.4, 0.5) is 10.1 Å². The van der Waals surface area contributed by atoms with Crippen molar-refractivity contribution in [3.8, 4) is 12.3 Å². The van der Waals surface area contributed by atoms with E-state index >= 15 is 0 Å². The van der Waals surface area contributed by atoms with E-state index in [1.165, 1.54) is 11.8 Å². The van der Waals surface area contributed by atoms with Gasteiger partial charge in [0.2, 0.25) is 0 Å². The van der Waals surface area contributed by atoms with Crippen LogP contribution in [-0.2, 0) is 6.54 Å².